The first-order valence-corrected chi connectivity index (χ1v) is 6.57. The first-order chi connectivity index (χ1) is 9.12. The molecule has 2 fully saturated rings. The maximum Gasteiger partial charge on any atom is 0.331 e. The SMILES string of the molecule is O=C(COC1CCNCC1)NC1(C(=O)O)CCOC1. The molecule has 0 radical (unpaired) electrons. The lowest BCUT2D eigenvalue weighted by Crippen LogP contribution is -2.56. The quantitative estimate of drug-likeness (QED) is 0.601. The molecule has 108 valence electrons. The van der Waals surface area contributed by atoms with Crippen molar-refractivity contribution < 1.29 is 24.2 Å². The van der Waals surface area contributed by atoms with Gasteiger partial charge in [0.15, 0.2) is 5.54 Å². The second-order valence-corrected chi connectivity index (χ2v) is 5.00. The van der Waals surface area contributed by atoms with Crippen molar-refractivity contribution in [3.63, 3.8) is 0 Å². The van der Waals surface area contributed by atoms with Crippen LogP contribution < -0.4 is 10.6 Å². The van der Waals surface area contributed by atoms with E-state index in [-0.39, 0.29) is 19.3 Å². The number of nitrogens with one attached hydrogen (secondary N) is 2. The van der Waals surface area contributed by atoms with Crippen molar-refractivity contribution >= 4 is 11.9 Å². The highest BCUT2D eigenvalue weighted by molar-refractivity contribution is 5.88. The van der Waals surface area contributed by atoms with Gasteiger partial charge in [-0.25, -0.2) is 4.79 Å². The van der Waals surface area contributed by atoms with Crippen molar-refractivity contribution in [3.05, 3.63) is 0 Å². The monoisotopic (exact) mass is 272 g/mol. The highest BCUT2D eigenvalue weighted by Gasteiger charge is 2.43. The zero-order valence-electron chi connectivity index (χ0n) is 10.8. The van der Waals surface area contributed by atoms with E-state index in [1.807, 2.05) is 0 Å². The van der Waals surface area contributed by atoms with E-state index in [9.17, 15) is 14.7 Å². The molecule has 3 N–H and O–H groups in total. The van der Waals surface area contributed by atoms with Gasteiger partial charge in [-0.2, -0.15) is 0 Å². The molecule has 2 saturated heterocycles. The van der Waals surface area contributed by atoms with E-state index in [0.29, 0.717) is 13.0 Å². The Kier molecular flexibility index (Phi) is 4.73. The predicted molar refractivity (Wildman–Crippen MR) is 65.8 cm³/mol. The van der Waals surface area contributed by atoms with Crippen molar-refractivity contribution in [1.29, 1.82) is 0 Å². The van der Waals surface area contributed by atoms with Gasteiger partial charge in [0.25, 0.3) is 0 Å². The molecular formula is C12H20N2O5. The normalized spacial score (nSPS) is 28.2. The minimum atomic E-state index is -1.28. The lowest BCUT2D eigenvalue weighted by atomic mass is 9.99. The molecule has 0 spiro atoms. The van der Waals surface area contributed by atoms with Crippen LogP contribution in [0.1, 0.15) is 19.3 Å². The molecule has 7 heteroatoms. The molecule has 0 saturated carbocycles. The fraction of sp³-hybridized carbons (Fsp3) is 0.833. The van der Waals surface area contributed by atoms with Crippen LogP contribution in [0.5, 0.6) is 0 Å². The summed E-state index contributed by atoms with van der Waals surface area (Å²) < 4.78 is 10.6. The number of aliphatic carboxylic acids is 1. The van der Waals surface area contributed by atoms with Crippen LogP contribution in [0.4, 0.5) is 0 Å². The summed E-state index contributed by atoms with van der Waals surface area (Å²) in [5.41, 5.74) is -1.28. The van der Waals surface area contributed by atoms with Crippen LogP contribution in [0, 0.1) is 0 Å². The van der Waals surface area contributed by atoms with E-state index in [2.05, 4.69) is 10.6 Å². The molecular weight excluding hydrogens is 252 g/mol. The lowest BCUT2D eigenvalue weighted by Gasteiger charge is -2.26. The Morgan fingerprint density at radius 2 is 2.16 bits per heavy atom. The van der Waals surface area contributed by atoms with Gasteiger partial charge in [0.1, 0.15) is 6.61 Å². The first kappa shape index (κ1) is 14.2. The molecule has 7 nitrogen and oxygen atoms in total. The molecule has 0 aliphatic carbocycles. The van der Waals surface area contributed by atoms with Crippen LogP contribution in [0.15, 0.2) is 0 Å². The van der Waals surface area contributed by atoms with Gasteiger partial charge in [-0.15, -0.1) is 0 Å². The molecule has 2 heterocycles. The van der Waals surface area contributed by atoms with Gasteiger partial charge in [0.05, 0.1) is 12.7 Å². The molecule has 19 heavy (non-hydrogen) atoms. The number of rotatable bonds is 5. The van der Waals surface area contributed by atoms with E-state index in [1.54, 1.807) is 0 Å². The smallest absolute Gasteiger partial charge is 0.331 e. The third-order valence-corrected chi connectivity index (χ3v) is 3.55. The number of piperidine rings is 1. The molecule has 1 unspecified atom stereocenters. The van der Waals surface area contributed by atoms with Crippen LogP contribution >= 0.6 is 0 Å². The second-order valence-electron chi connectivity index (χ2n) is 5.00. The van der Waals surface area contributed by atoms with Crippen molar-refractivity contribution in [2.24, 2.45) is 0 Å². The summed E-state index contributed by atoms with van der Waals surface area (Å²) in [7, 11) is 0. The number of carbonyl (C=O) groups excluding carboxylic acids is 1. The van der Waals surface area contributed by atoms with Crippen LogP contribution in [0.3, 0.4) is 0 Å². The maximum atomic E-state index is 11.8. The molecule has 0 bridgehead atoms. The van der Waals surface area contributed by atoms with Gasteiger partial charge in [0.2, 0.25) is 5.91 Å². The fourth-order valence-corrected chi connectivity index (χ4v) is 2.34. The third-order valence-electron chi connectivity index (χ3n) is 3.55. The first-order valence-electron chi connectivity index (χ1n) is 6.57. The Morgan fingerprint density at radius 1 is 1.42 bits per heavy atom. The van der Waals surface area contributed by atoms with E-state index in [1.165, 1.54) is 0 Å². The average molecular weight is 272 g/mol. The standard InChI is InChI=1S/C12H20N2O5/c15-10(7-19-9-1-4-13-5-2-9)14-12(11(16)17)3-6-18-8-12/h9,13H,1-8H2,(H,14,15)(H,16,17). The molecule has 2 aliphatic rings. The number of carbonyl (C=O) groups is 2. The van der Waals surface area contributed by atoms with Crippen molar-refractivity contribution in [1.82, 2.24) is 10.6 Å². The summed E-state index contributed by atoms with van der Waals surface area (Å²) in [5, 5.41) is 14.9. The van der Waals surface area contributed by atoms with Gasteiger partial charge >= 0.3 is 5.97 Å². The van der Waals surface area contributed by atoms with Crippen LogP contribution in [-0.4, -0.2) is 61.5 Å². The van der Waals surface area contributed by atoms with E-state index >= 15 is 0 Å². The minimum Gasteiger partial charge on any atom is -0.479 e. The summed E-state index contributed by atoms with van der Waals surface area (Å²) in [4.78, 5) is 23.0. The van der Waals surface area contributed by atoms with E-state index in [0.717, 1.165) is 25.9 Å². The fourth-order valence-electron chi connectivity index (χ4n) is 2.34. The van der Waals surface area contributed by atoms with Gasteiger partial charge < -0.3 is 25.2 Å². The number of amides is 1. The molecule has 2 aliphatic heterocycles. The van der Waals surface area contributed by atoms with Crippen molar-refractivity contribution in [3.8, 4) is 0 Å². The Hall–Kier alpha value is -1.18. The molecule has 1 atom stereocenters. The molecule has 0 aromatic heterocycles. The average Bonchev–Trinajstić information content (AvgIpc) is 2.87. The number of carboxylic acid groups (broad SMARTS) is 1. The van der Waals surface area contributed by atoms with Gasteiger partial charge in [-0.3, -0.25) is 4.79 Å². The highest BCUT2D eigenvalue weighted by Crippen LogP contribution is 2.19. The summed E-state index contributed by atoms with van der Waals surface area (Å²) >= 11 is 0. The largest absolute Gasteiger partial charge is 0.479 e. The Balaban J connectivity index is 1.78. The highest BCUT2D eigenvalue weighted by atomic mass is 16.5. The number of carboxylic acids is 1. The number of hydrogen-bond acceptors (Lipinski definition) is 5. The number of hydrogen-bond donors (Lipinski definition) is 3. The van der Waals surface area contributed by atoms with Gasteiger partial charge in [-0.1, -0.05) is 0 Å². The zero-order chi connectivity index (χ0) is 13.7. The zero-order valence-corrected chi connectivity index (χ0v) is 10.8. The minimum absolute atomic E-state index is 0.0153. The molecule has 1 amide bonds. The van der Waals surface area contributed by atoms with Gasteiger partial charge in [-0.05, 0) is 25.9 Å². The molecule has 0 aromatic carbocycles. The summed E-state index contributed by atoms with van der Waals surface area (Å²) in [5.74, 6) is -1.45. The lowest BCUT2D eigenvalue weighted by molar-refractivity contribution is -0.148. The summed E-state index contributed by atoms with van der Waals surface area (Å²) in [6.07, 6.45) is 2.12. The van der Waals surface area contributed by atoms with Crippen LogP contribution in [0.2, 0.25) is 0 Å². The van der Waals surface area contributed by atoms with Crippen LogP contribution in [-0.2, 0) is 19.1 Å². The summed E-state index contributed by atoms with van der Waals surface area (Å²) in [6.45, 7) is 2.04. The van der Waals surface area contributed by atoms with Gasteiger partial charge in [0, 0.05) is 13.0 Å². The summed E-state index contributed by atoms with van der Waals surface area (Å²) in [6, 6.07) is 0. The number of ether oxygens (including phenoxy) is 2. The van der Waals surface area contributed by atoms with E-state index in [4.69, 9.17) is 9.47 Å². The van der Waals surface area contributed by atoms with E-state index < -0.39 is 17.4 Å². The second kappa shape index (κ2) is 6.31. The predicted octanol–water partition coefficient (Wildman–Crippen LogP) is -0.885. The maximum absolute atomic E-state index is 11.8. The molecule has 2 rings (SSSR count). The van der Waals surface area contributed by atoms with Crippen molar-refractivity contribution in [2.45, 2.75) is 30.9 Å². The Labute approximate surface area is 111 Å². The topological polar surface area (TPSA) is 96.9 Å². The van der Waals surface area contributed by atoms with Crippen molar-refractivity contribution in [2.75, 3.05) is 32.9 Å². The van der Waals surface area contributed by atoms with Crippen LogP contribution in [0.25, 0.3) is 0 Å². The Morgan fingerprint density at radius 3 is 2.74 bits per heavy atom. The Bertz CT molecular complexity index is 335. The third kappa shape index (κ3) is 3.65. The molecule has 0 aromatic rings.